The molecule has 1 N–H and O–H groups in total. The maximum Gasteiger partial charge on any atom is 0.275 e. The maximum atomic E-state index is 12.5. The Balaban J connectivity index is 1.90. The molecule has 0 spiro atoms. The fourth-order valence-corrected chi connectivity index (χ4v) is 2.94. The SMILES string of the molecule is Cc1ccc2[nH]nc(C(=O)N(C)Cc3cccs3)c2c1. The predicted octanol–water partition coefficient (Wildman–Crippen LogP) is 3.21. The summed E-state index contributed by atoms with van der Waals surface area (Å²) in [6, 6.07) is 9.97. The third-order valence-corrected chi connectivity index (χ3v) is 4.10. The highest BCUT2D eigenvalue weighted by atomic mass is 32.1. The molecule has 1 amide bonds. The number of rotatable bonds is 3. The molecule has 0 atom stereocenters. The Morgan fingerprint density at radius 3 is 3.00 bits per heavy atom. The number of hydrogen-bond acceptors (Lipinski definition) is 3. The Labute approximate surface area is 121 Å². The van der Waals surface area contributed by atoms with E-state index in [1.165, 1.54) is 0 Å². The normalized spacial score (nSPS) is 10.9. The molecule has 4 nitrogen and oxygen atoms in total. The van der Waals surface area contributed by atoms with Crippen molar-refractivity contribution in [2.75, 3.05) is 7.05 Å². The Hall–Kier alpha value is -2.14. The van der Waals surface area contributed by atoms with Gasteiger partial charge in [-0.3, -0.25) is 9.89 Å². The van der Waals surface area contributed by atoms with Gasteiger partial charge in [-0.1, -0.05) is 17.7 Å². The quantitative estimate of drug-likeness (QED) is 0.803. The van der Waals surface area contributed by atoms with Gasteiger partial charge in [0.15, 0.2) is 5.69 Å². The van der Waals surface area contributed by atoms with Crippen molar-refractivity contribution in [2.45, 2.75) is 13.5 Å². The van der Waals surface area contributed by atoms with Crippen molar-refractivity contribution >= 4 is 28.1 Å². The van der Waals surface area contributed by atoms with Gasteiger partial charge < -0.3 is 4.90 Å². The first-order chi connectivity index (χ1) is 9.65. The first-order valence-electron chi connectivity index (χ1n) is 6.38. The molecule has 3 aromatic rings. The molecule has 3 rings (SSSR count). The molecule has 2 heterocycles. The van der Waals surface area contributed by atoms with Gasteiger partial charge in [0.2, 0.25) is 0 Å². The summed E-state index contributed by atoms with van der Waals surface area (Å²) in [6.45, 7) is 2.62. The molecule has 0 saturated carbocycles. The minimum atomic E-state index is -0.0600. The van der Waals surface area contributed by atoms with E-state index in [-0.39, 0.29) is 5.91 Å². The second kappa shape index (κ2) is 5.09. The van der Waals surface area contributed by atoms with E-state index in [1.54, 1.807) is 23.3 Å². The third kappa shape index (κ3) is 2.32. The molecule has 102 valence electrons. The van der Waals surface area contributed by atoms with Crippen LogP contribution < -0.4 is 0 Å². The molecular formula is C15H15N3OS. The van der Waals surface area contributed by atoms with E-state index in [9.17, 15) is 4.79 Å². The summed E-state index contributed by atoms with van der Waals surface area (Å²) < 4.78 is 0. The second-order valence-electron chi connectivity index (χ2n) is 4.86. The molecule has 20 heavy (non-hydrogen) atoms. The van der Waals surface area contributed by atoms with Gasteiger partial charge in [-0.05, 0) is 30.5 Å². The summed E-state index contributed by atoms with van der Waals surface area (Å²) in [5, 5.41) is 9.99. The summed E-state index contributed by atoms with van der Waals surface area (Å²) in [5.41, 5.74) is 2.50. The van der Waals surface area contributed by atoms with Crippen molar-refractivity contribution in [3.63, 3.8) is 0 Å². The van der Waals surface area contributed by atoms with E-state index in [4.69, 9.17) is 0 Å². The molecule has 0 saturated heterocycles. The number of aromatic nitrogens is 2. The molecule has 0 bridgehead atoms. The highest BCUT2D eigenvalue weighted by Crippen LogP contribution is 2.20. The van der Waals surface area contributed by atoms with Crippen molar-refractivity contribution < 1.29 is 4.79 Å². The summed E-state index contributed by atoms with van der Waals surface area (Å²) in [4.78, 5) is 15.4. The average molecular weight is 285 g/mol. The number of carbonyl (C=O) groups is 1. The Morgan fingerprint density at radius 1 is 1.40 bits per heavy atom. The Morgan fingerprint density at radius 2 is 2.25 bits per heavy atom. The van der Waals surface area contributed by atoms with E-state index < -0.39 is 0 Å². The van der Waals surface area contributed by atoms with Crippen molar-refractivity contribution in [1.82, 2.24) is 15.1 Å². The molecular weight excluding hydrogens is 270 g/mol. The number of fused-ring (bicyclic) bond motifs is 1. The average Bonchev–Trinajstić information content (AvgIpc) is 3.06. The van der Waals surface area contributed by atoms with Crippen LogP contribution in [0, 0.1) is 6.92 Å². The van der Waals surface area contributed by atoms with E-state index in [2.05, 4.69) is 10.2 Å². The van der Waals surface area contributed by atoms with Crippen LogP contribution in [-0.4, -0.2) is 28.1 Å². The fourth-order valence-electron chi connectivity index (χ4n) is 2.18. The van der Waals surface area contributed by atoms with Gasteiger partial charge in [-0.25, -0.2) is 0 Å². The van der Waals surface area contributed by atoms with Crippen LogP contribution in [0.15, 0.2) is 35.7 Å². The molecule has 1 aromatic carbocycles. The molecule has 0 unspecified atom stereocenters. The number of thiophene rings is 1. The minimum Gasteiger partial charge on any atom is -0.335 e. The van der Waals surface area contributed by atoms with Crippen molar-refractivity contribution in [3.8, 4) is 0 Å². The first-order valence-corrected chi connectivity index (χ1v) is 7.25. The standard InChI is InChI=1S/C15H15N3OS/c1-10-5-6-13-12(8-10)14(17-16-13)15(19)18(2)9-11-4-3-7-20-11/h3-8H,9H2,1-2H3,(H,16,17). The number of H-pyrrole nitrogens is 1. The predicted molar refractivity (Wildman–Crippen MR) is 80.9 cm³/mol. The van der Waals surface area contributed by atoms with Crippen LogP contribution in [0.1, 0.15) is 20.9 Å². The van der Waals surface area contributed by atoms with Crippen LogP contribution >= 0.6 is 11.3 Å². The molecule has 0 radical (unpaired) electrons. The second-order valence-corrected chi connectivity index (χ2v) is 5.89. The minimum absolute atomic E-state index is 0.0600. The lowest BCUT2D eigenvalue weighted by Gasteiger charge is -2.14. The van der Waals surface area contributed by atoms with Crippen LogP contribution in [0.3, 0.4) is 0 Å². The van der Waals surface area contributed by atoms with Gasteiger partial charge in [0.05, 0.1) is 12.1 Å². The summed E-state index contributed by atoms with van der Waals surface area (Å²) >= 11 is 1.65. The van der Waals surface area contributed by atoms with Gasteiger partial charge >= 0.3 is 0 Å². The van der Waals surface area contributed by atoms with E-state index >= 15 is 0 Å². The topological polar surface area (TPSA) is 49.0 Å². The van der Waals surface area contributed by atoms with Gasteiger partial charge in [-0.15, -0.1) is 11.3 Å². The van der Waals surface area contributed by atoms with Crippen LogP contribution in [0.4, 0.5) is 0 Å². The maximum absolute atomic E-state index is 12.5. The van der Waals surface area contributed by atoms with Crippen LogP contribution in [0.2, 0.25) is 0 Å². The zero-order valence-electron chi connectivity index (χ0n) is 11.4. The monoisotopic (exact) mass is 285 g/mol. The van der Waals surface area contributed by atoms with Crippen LogP contribution in [0.5, 0.6) is 0 Å². The number of aromatic amines is 1. The lowest BCUT2D eigenvalue weighted by Crippen LogP contribution is -2.26. The largest absolute Gasteiger partial charge is 0.335 e. The van der Waals surface area contributed by atoms with Gasteiger partial charge in [0, 0.05) is 17.3 Å². The molecule has 2 aromatic heterocycles. The summed E-state index contributed by atoms with van der Waals surface area (Å²) in [7, 11) is 1.80. The molecule has 0 aliphatic heterocycles. The van der Waals surface area contributed by atoms with E-state index in [0.717, 1.165) is 21.3 Å². The number of aryl methyl sites for hydroxylation is 1. The Bertz CT molecular complexity index is 746. The number of benzene rings is 1. The smallest absolute Gasteiger partial charge is 0.275 e. The van der Waals surface area contributed by atoms with Crippen molar-refractivity contribution in [3.05, 3.63) is 51.8 Å². The Kier molecular flexibility index (Phi) is 3.28. The van der Waals surface area contributed by atoms with Gasteiger partial charge in [0.1, 0.15) is 0 Å². The zero-order chi connectivity index (χ0) is 14.1. The molecule has 5 heteroatoms. The highest BCUT2D eigenvalue weighted by molar-refractivity contribution is 7.09. The lowest BCUT2D eigenvalue weighted by atomic mass is 10.1. The summed E-state index contributed by atoms with van der Waals surface area (Å²) in [6.07, 6.45) is 0. The molecule has 0 fully saturated rings. The van der Waals surface area contributed by atoms with E-state index in [1.807, 2.05) is 42.6 Å². The number of hydrogen-bond donors (Lipinski definition) is 1. The number of nitrogens with one attached hydrogen (secondary N) is 1. The van der Waals surface area contributed by atoms with Gasteiger partial charge in [0.25, 0.3) is 5.91 Å². The van der Waals surface area contributed by atoms with Gasteiger partial charge in [-0.2, -0.15) is 5.10 Å². The van der Waals surface area contributed by atoms with Crippen molar-refractivity contribution in [1.29, 1.82) is 0 Å². The first kappa shape index (κ1) is 12.9. The molecule has 0 aliphatic rings. The van der Waals surface area contributed by atoms with Crippen LogP contribution in [-0.2, 0) is 6.54 Å². The number of carbonyl (C=O) groups excluding carboxylic acids is 1. The van der Waals surface area contributed by atoms with Crippen molar-refractivity contribution in [2.24, 2.45) is 0 Å². The van der Waals surface area contributed by atoms with Crippen LogP contribution in [0.25, 0.3) is 10.9 Å². The number of amides is 1. The number of nitrogens with zero attached hydrogens (tertiary/aromatic N) is 2. The molecule has 0 aliphatic carbocycles. The van der Waals surface area contributed by atoms with E-state index in [0.29, 0.717) is 12.2 Å². The highest BCUT2D eigenvalue weighted by Gasteiger charge is 2.18. The third-order valence-electron chi connectivity index (χ3n) is 3.24. The summed E-state index contributed by atoms with van der Waals surface area (Å²) in [5.74, 6) is -0.0600. The zero-order valence-corrected chi connectivity index (χ0v) is 12.2. The lowest BCUT2D eigenvalue weighted by molar-refractivity contribution is 0.0782. The fraction of sp³-hybridized carbons (Fsp3) is 0.200.